The molecule has 2 rings (SSSR count). The average molecular weight is 323 g/mol. The Balaban J connectivity index is 1.99. The number of Topliss-reactive ketones (excluding diaryl/α,β-unsaturated/α-hetero) is 1. The smallest absolute Gasteiger partial charge is 0.410 e. The van der Waals surface area contributed by atoms with Crippen LogP contribution in [-0.2, 0) is 9.53 Å². The summed E-state index contributed by atoms with van der Waals surface area (Å²) in [6, 6.07) is 0.0294. The van der Waals surface area contributed by atoms with Gasteiger partial charge in [-0.25, -0.2) is 4.79 Å². The van der Waals surface area contributed by atoms with Crippen molar-refractivity contribution < 1.29 is 14.3 Å². The Hall–Kier alpha value is -1.06. The largest absolute Gasteiger partial charge is 0.444 e. The number of likely N-dealkylation sites (tertiary alicyclic amines) is 1. The van der Waals surface area contributed by atoms with Crippen molar-refractivity contribution in [1.29, 1.82) is 0 Å². The molecule has 4 nitrogen and oxygen atoms in total. The van der Waals surface area contributed by atoms with E-state index in [-0.39, 0.29) is 18.1 Å². The van der Waals surface area contributed by atoms with E-state index >= 15 is 0 Å². The second-order valence-electron chi connectivity index (χ2n) is 8.18. The van der Waals surface area contributed by atoms with Crippen molar-refractivity contribution in [3.8, 4) is 0 Å². The molecule has 4 heteroatoms. The van der Waals surface area contributed by atoms with Gasteiger partial charge in [0.1, 0.15) is 11.4 Å². The van der Waals surface area contributed by atoms with E-state index in [9.17, 15) is 9.59 Å². The molecule has 1 saturated heterocycles. The van der Waals surface area contributed by atoms with Crippen LogP contribution in [0.5, 0.6) is 0 Å². The first kappa shape index (κ1) is 18.3. The Labute approximate surface area is 140 Å². The lowest BCUT2D eigenvalue weighted by Gasteiger charge is -2.33. The lowest BCUT2D eigenvalue weighted by Crippen LogP contribution is -2.44. The third-order valence-corrected chi connectivity index (χ3v) is 5.00. The lowest BCUT2D eigenvalue weighted by atomic mass is 9.83. The van der Waals surface area contributed by atoms with Gasteiger partial charge in [0.15, 0.2) is 0 Å². The van der Waals surface area contributed by atoms with Crippen molar-refractivity contribution in [2.45, 2.75) is 96.6 Å². The summed E-state index contributed by atoms with van der Waals surface area (Å²) < 4.78 is 5.57. The first-order valence-electron chi connectivity index (χ1n) is 9.39. The summed E-state index contributed by atoms with van der Waals surface area (Å²) in [7, 11) is 0. The number of ketones is 1. The third-order valence-electron chi connectivity index (χ3n) is 5.00. The van der Waals surface area contributed by atoms with Crippen LogP contribution in [0.3, 0.4) is 0 Å². The standard InChI is InChI=1S/C19H33NO3/c1-19(2,3)23-18(22)20-13-9-5-8-12-16(20)14-17(21)15-10-6-4-7-11-15/h15-16H,4-14H2,1-3H3. The van der Waals surface area contributed by atoms with Crippen LogP contribution in [0.2, 0.25) is 0 Å². The molecule has 0 aromatic rings. The van der Waals surface area contributed by atoms with Gasteiger partial charge in [-0.15, -0.1) is 0 Å². The van der Waals surface area contributed by atoms with Crippen LogP contribution in [0, 0.1) is 5.92 Å². The monoisotopic (exact) mass is 323 g/mol. The molecule has 0 N–H and O–H groups in total. The zero-order valence-electron chi connectivity index (χ0n) is 15.1. The predicted octanol–water partition coefficient (Wildman–Crippen LogP) is 4.71. The van der Waals surface area contributed by atoms with Gasteiger partial charge >= 0.3 is 6.09 Å². The number of hydrogen-bond donors (Lipinski definition) is 0. The predicted molar refractivity (Wildman–Crippen MR) is 91.4 cm³/mol. The summed E-state index contributed by atoms with van der Waals surface area (Å²) >= 11 is 0. The molecule has 1 unspecified atom stereocenters. The normalized spacial score (nSPS) is 24.1. The number of ether oxygens (including phenoxy) is 1. The second kappa shape index (κ2) is 8.16. The summed E-state index contributed by atoms with van der Waals surface area (Å²) in [5, 5.41) is 0. The molecule has 1 atom stereocenters. The molecule has 0 bridgehead atoms. The number of nitrogens with zero attached hydrogens (tertiary/aromatic N) is 1. The van der Waals surface area contributed by atoms with Gasteiger partial charge in [-0.2, -0.15) is 0 Å². The molecule has 0 spiro atoms. The molecule has 0 aromatic heterocycles. The Kier molecular flexibility index (Phi) is 6.49. The maximum atomic E-state index is 12.7. The van der Waals surface area contributed by atoms with Crippen molar-refractivity contribution in [2.24, 2.45) is 5.92 Å². The SMILES string of the molecule is CC(C)(C)OC(=O)N1CCCCCC1CC(=O)C1CCCCC1. The Morgan fingerprint density at radius 1 is 0.957 bits per heavy atom. The van der Waals surface area contributed by atoms with Gasteiger partial charge in [-0.3, -0.25) is 4.79 Å². The molecule has 2 fully saturated rings. The topological polar surface area (TPSA) is 46.6 Å². The van der Waals surface area contributed by atoms with E-state index in [0.29, 0.717) is 12.2 Å². The highest BCUT2D eigenvalue weighted by Crippen LogP contribution is 2.28. The minimum atomic E-state index is -0.485. The molecule has 132 valence electrons. The van der Waals surface area contributed by atoms with Gasteiger partial charge in [-0.1, -0.05) is 32.1 Å². The van der Waals surface area contributed by atoms with E-state index in [4.69, 9.17) is 4.74 Å². The number of rotatable bonds is 3. The summed E-state index contributed by atoms with van der Waals surface area (Å²) in [6.45, 7) is 6.40. The van der Waals surface area contributed by atoms with Crippen LogP contribution in [0.15, 0.2) is 0 Å². The van der Waals surface area contributed by atoms with E-state index < -0.39 is 5.60 Å². The first-order valence-corrected chi connectivity index (χ1v) is 9.39. The maximum absolute atomic E-state index is 12.7. The number of carbonyl (C=O) groups is 2. The molecule has 1 amide bonds. The van der Waals surface area contributed by atoms with Gasteiger partial charge in [0.25, 0.3) is 0 Å². The molecule has 23 heavy (non-hydrogen) atoms. The second-order valence-corrected chi connectivity index (χ2v) is 8.18. The molecule has 1 saturated carbocycles. The molecule has 1 aliphatic heterocycles. The molecular formula is C19H33NO3. The van der Waals surface area contributed by atoms with E-state index in [1.165, 1.54) is 19.3 Å². The fraction of sp³-hybridized carbons (Fsp3) is 0.895. The highest BCUT2D eigenvalue weighted by molar-refractivity contribution is 5.82. The summed E-state index contributed by atoms with van der Waals surface area (Å²) in [6.07, 6.45) is 10.1. The fourth-order valence-electron chi connectivity index (χ4n) is 3.77. The van der Waals surface area contributed by atoms with Crippen LogP contribution >= 0.6 is 0 Å². The molecule has 1 aliphatic carbocycles. The first-order chi connectivity index (χ1) is 10.9. The lowest BCUT2D eigenvalue weighted by molar-refractivity contribution is -0.125. The van der Waals surface area contributed by atoms with Gasteiger partial charge < -0.3 is 9.64 Å². The van der Waals surface area contributed by atoms with Crippen LogP contribution in [0.25, 0.3) is 0 Å². The van der Waals surface area contributed by atoms with Crippen LogP contribution in [-0.4, -0.2) is 35.0 Å². The van der Waals surface area contributed by atoms with Gasteiger partial charge in [0, 0.05) is 24.9 Å². The van der Waals surface area contributed by atoms with Crippen molar-refractivity contribution in [3.05, 3.63) is 0 Å². The van der Waals surface area contributed by atoms with E-state index in [0.717, 1.165) is 45.1 Å². The van der Waals surface area contributed by atoms with Gasteiger partial charge in [0.2, 0.25) is 0 Å². The van der Waals surface area contributed by atoms with Crippen LogP contribution in [0.4, 0.5) is 4.79 Å². The number of carbonyl (C=O) groups excluding carboxylic acids is 2. The molecular weight excluding hydrogens is 290 g/mol. The molecule has 0 radical (unpaired) electrons. The Morgan fingerprint density at radius 3 is 2.22 bits per heavy atom. The summed E-state index contributed by atoms with van der Waals surface area (Å²) in [5.74, 6) is 0.595. The molecule has 2 aliphatic rings. The number of amides is 1. The molecule has 0 aromatic carbocycles. The van der Waals surface area contributed by atoms with Crippen molar-refractivity contribution >= 4 is 11.9 Å². The van der Waals surface area contributed by atoms with E-state index in [2.05, 4.69) is 0 Å². The number of hydrogen-bond acceptors (Lipinski definition) is 3. The van der Waals surface area contributed by atoms with Crippen molar-refractivity contribution in [3.63, 3.8) is 0 Å². The molecule has 1 heterocycles. The zero-order valence-corrected chi connectivity index (χ0v) is 15.1. The summed E-state index contributed by atoms with van der Waals surface area (Å²) in [5.41, 5.74) is -0.485. The highest BCUT2D eigenvalue weighted by Gasteiger charge is 2.32. The Bertz CT molecular complexity index is 407. The van der Waals surface area contributed by atoms with Crippen LogP contribution < -0.4 is 0 Å². The van der Waals surface area contributed by atoms with Gasteiger partial charge in [0.05, 0.1) is 0 Å². The van der Waals surface area contributed by atoms with Gasteiger partial charge in [-0.05, 0) is 46.5 Å². The van der Waals surface area contributed by atoms with Crippen molar-refractivity contribution in [1.82, 2.24) is 4.90 Å². The maximum Gasteiger partial charge on any atom is 0.410 e. The summed E-state index contributed by atoms with van der Waals surface area (Å²) in [4.78, 5) is 27.0. The highest BCUT2D eigenvalue weighted by atomic mass is 16.6. The van der Waals surface area contributed by atoms with E-state index in [1.54, 1.807) is 0 Å². The van der Waals surface area contributed by atoms with Crippen LogP contribution in [0.1, 0.15) is 85.0 Å². The third kappa shape index (κ3) is 5.82. The van der Waals surface area contributed by atoms with E-state index in [1.807, 2.05) is 25.7 Å². The Morgan fingerprint density at radius 2 is 1.57 bits per heavy atom. The minimum Gasteiger partial charge on any atom is -0.444 e. The average Bonchev–Trinajstić information content (AvgIpc) is 2.72. The minimum absolute atomic E-state index is 0.0294. The fourth-order valence-corrected chi connectivity index (χ4v) is 3.77. The quantitative estimate of drug-likeness (QED) is 0.756. The van der Waals surface area contributed by atoms with Crippen molar-refractivity contribution in [2.75, 3.05) is 6.54 Å². The zero-order chi connectivity index (χ0) is 16.9.